The topological polar surface area (TPSA) is 122 Å². The van der Waals surface area contributed by atoms with Crippen LogP contribution in [0.1, 0.15) is 12.5 Å². The number of benzene rings is 1. The molecule has 0 aromatic heterocycles. The van der Waals surface area contributed by atoms with Crippen molar-refractivity contribution in [2.45, 2.75) is 12.2 Å². The Morgan fingerprint density at radius 3 is 2.63 bits per heavy atom. The van der Waals surface area contributed by atoms with Crippen LogP contribution in [0.3, 0.4) is 0 Å². The standard InChI is InChI=1S/C11H13N3O4S/c1-7(11(15)18-2)19(16,17)14-10-4-3-8(6-12)5-9(10)13/h3-5,7,14H,13H2,1-2H3. The van der Waals surface area contributed by atoms with Gasteiger partial charge in [-0.15, -0.1) is 0 Å². The number of nitrogens with one attached hydrogen (secondary N) is 1. The number of nitrogens with two attached hydrogens (primary N) is 1. The molecule has 1 unspecified atom stereocenters. The molecule has 0 saturated carbocycles. The molecule has 0 aliphatic rings. The first-order chi connectivity index (χ1) is 8.81. The average molecular weight is 283 g/mol. The lowest BCUT2D eigenvalue weighted by Gasteiger charge is -2.14. The summed E-state index contributed by atoms with van der Waals surface area (Å²) < 4.78 is 30.3. The van der Waals surface area contributed by atoms with Crippen LogP contribution in [0.15, 0.2) is 18.2 Å². The number of ether oxygens (including phenoxy) is 1. The highest BCUT2D eigenvalue weighted by atomic mass is 32.2. The molecule has 19 heavy (non-hydrogen) atoms. The van der Waals surface area contributed by atoms with E-state index < -0.39 is 21.2 Å². The van der Waals surface area contributed by atoms with Crippen LogP contribution in [0.25, 0.3) is 0 Å². The van der Waals surface area contributed by atoms with Crippen molar-refractivity contribution in [2.24, 2.45) is 0 Å². The second-order valence-electron chi connectivity index (χ2n) is 3.73. The van der Waals surface area contributed by atoms with E-state index in [1.54, 1.807) is 0 Å². The highest BCUT2D eigenvalue weighted by Gasteiger charge is 2.29. The second kappa shape index (κ2) is 5.58. The molecule has 0 aliphatic carbocycles. The third-order valence-corrected chi connectivity index (χ3v) is 4.06. The molecule has 0 bridgehead atoms. The van der Waals surface area contributed by atoms with Crippen LogP contribution in [0.2, 0.25) is 0 Å². The molecule has 0 heterocycles. The fourth-order valence-corrected chi connectivity index (χ4v) is 2.28. The quantitative estimate of drug-likeness (QED) is 0.610. The summed E-state index contributed by atoms with van der Waals surface area (Å²) in [6.07, 6.45) is 0. The van der Waals surface area contributed by atoms with Gasteiger partial charge in [-0.25, -0.2) is 8.42 Å². The van der Waals surface area contributed by atoms with E-state index in [2.05, 4.69) is 9.46 Å². The van der Waals surface area contributed by atoms with Gasteiger partial charge in [-0.3, -0.25) is 9.52 Å². The van der Waals surface area contributed by atoms with Crippen LogP contribution in [0.5, 0.6) is 0 Å². The maximum Gasteiger partial charge on any atom is 0.325 e. The predicted octanol–water partition coefficient (Wildman–Crippen LogP) is 0.444. The number of hydrogen-bond acceptors (Lipinski definition) is 6. The van der Waals surface area contributed by atoms with E-state index in [1.165, 1.54) is 25.1 Å². The van der Waals surface area contributed by atoms with E-state index in [1.807, 2.05) is 6.07 Å². The van der Waals surface area contributed by atoms with E-state index in [9.17, 15) is 13.2 Å². The van der Waals surface area contributed by atoms with Crippen molar-refractivity contribution in [1.29, 1.82) is 5.26 Å². The smallest absolute Gasteiger partial charge is 0.325 e. The molecule has 0 radical (unpaired) electrons. The Morgan fingerprint density at radius 2 is 2.16 bits per heavy atom. The van der Waals surface area contributed by atoms with E-state index >= 15 is 0 Å². The van der Waals surface area contributed by atoms with Gasteiger partial charge in [-0.1, -0.05) is 0 Å². The number of hydrogen-bond donors (Lipinski definition) is 2. The average Bonchev–Trinajstić information content (AvgIpc) is 2.39. The molecule has 1 aromatic carbocycles. The third kappa shape index (κ3) is 3.35. The summed E-state index contributed by atoms with van der Waals surface area (Å²) in [4.78, 5) is 11.2. The molecular formula is C11H13N3O4S. The number of carbonyl (C=O) groups excluding carboxylic acids is 1. The van der Waals surface area contributed by atoms with Crippen molar-refractivity contribution in [3.63, 3.8) is 0 Å². The van der Waals surface area contributed by atoms with Crippen molar-refractivity contribution >= 4 is 27.4 Å². The monoisotopic (exact) mass is 283 g/mol. The molecule has 102 valence electrons. The van der Waals surface area contributed by atoms with Gasteiger partial charge in [0.15, 0.2) is 5.25 Å². The van der Waals surface area contributed by atoms with Crippen LogP contribution < -0.4 is 10.5 Å². The Hall–Kier alpha value is -2.27. The van der Waals surface area contributed by atoms with Crippen molar-refractivity contribution in [3.8, 4) is 6.07 Å². The largest absolute Gasteiger partial charge is 0.468 e. The molecule has 7 nitrogen and oxygen atoms in total. The number of nitrogen functional groups attached to an aromatic ring is 1. The highest BCUT2D eigenvalue weighted by molar-refractivity contribution is 7.94. The summed E-state index contributed by atoms with van der Waals surface area (Å²) in [7, 11) is -2.85. The van der Waals surface area contributed by atoms with Crippen LogP contribution in [-0.4, -0.2) is 26.7 Å². The van der Waals surface area contributed by atoms with Crippen molar-refractivity contribution in [1.82, 2.24) is 0 Å². The summed E-state index contributed by atoms with van der Waals surface area (Å²) in [6.45, 7) is 1.20. The fraction of sp³-hybridized carbons (Fsp3) is 0.273. The van der Waals surface area contributed by atoms with Crippen LogP contribution in [0.4, 0.5) is 11.4 Å². The van der Waals surface area contributed by atoms with Crippen LogP contribution in [-0.2, 0) is 19.6 Å². The zero-order valence-corrected chi connectivity index (χ0v) is 11.2. The van der Waals surface area contributed by atoms with E-state index in [-0.39, 0.29) is 11.4 Å². The maximum atomic E-state index is 11.9. The van der Waals surface area contributed by atoms with Gasteiger partial charge in [0.05, 0.1) is 30.1 Å². The fourth-order valence-electron chi connectivity index (χ4n) is 1.26. The van der Waals surface area contributed by atoms with Crippen molar-refractivity contribution < 1.29 is 17.9 Å². The summed E-state index contributed by atoms with van der Waals surface area (Å²) in [5.74, 6) is -0.875. The number of methoxy groups -OCH3 is 1. The van der Waals surface area contributed by atoms with Crippen LogP contribution >= 0.6 is 0 Å². The first kappa shape index (κ1) is 14.8. The molecule has 1 atom stereocenters. The third-order valence-electron chi connectivity index (χ3n) is 2.43. The molecule has 0 aliphatic heterocycles. The minimum absolute atomic E-state index is 0.0969. The molecule has 8 heteroatoms. The van der Waals surface area contributed by atoms with Gasteiger partial charge in [0.2, 0.25) is 10.0 Å². The molecule has 0 amide bonds. The number of nitriles is 1. The molecule has 0 fully saturated rings. The zero-order valence-electron chi connectivity index (χ0n) is 10.4. The van der Waals surface area contributed by atoms with Crippen molar-refractivity contribution in [3.05, 3.63) is 23.8 Å². The normalized spacial score (nSPS) is 12.3. The summed E-state index contributed by atoms with van der Waals surface area (Å²) in [5.41, 5.74) is 6.13. The van der Waals surface area contributed by atoms with Gasteiger partial charge in [0, 0.05) is 0 Å². The first-order valence-electron chi connectivity index (χ1n) is 5.21. The lowest BCUT2D eigenvalue weighted by molar-refractivity contribution is -0.139. The minimum Gasteiger partial charge on any atom is -0.468 e. The molecule has 1 aromatic rings. The molecule has 0 saturated heterocycles. The summed E-state index contributed by atoms with van der Waals surface area (Å²) in [5, 5.41) is 7.31. The van der Waals surface area contributed by atoms with Gasteiger partial charge in [0.1, 0.15) is 0 Å². The van der Waals surface area contributed by atoms with Gasteiger partial charge in [0.25, 0.3) is 0 Å². The van der Waals surface area contributed by atoms with Gasteiger partial charge >= 0.3 is 5.97 Å². The number of esters is 1. The van der Waals surface area contributed by atoms with E-state index in [0.717, 1.165) is 7.11 Å². The first-order valence-corrected chi connectivity index (χ1v) is 6.75. The number of nitrogens with zero attached hydrogens (tertiary/aromatic N) is 1. The Kier molecular flexibility index (Phi) is 4.34. The zero-order chi connectivity index (χ0) is 14.6. The van der Waals surface area contributed by atoms with E-state index in [0.29, 0.717) is 5.56 Å². The lowest BCUT2D eigenvalue weighted by Crippen LogP contribution is -2.33. The highest BCUT2D eigenvalue weighted by Crippen LogP contribution is 2.22. The Labute approximate surface area is 111 Å². The SMILES string of the molecule is COC(=O)C(C)S(=O)(=O)Nc1ccc(C#N)cc1N. The number of rotatable bonds is 4. The molecule has 0 spiro atoms. The summed E-state index contributed by atoms with van der Waals surface area (Å²) in [6, 6.07) is 5.98. The predicted molar refractivity (Wildman–Crippen MR) is 69.6 cm³/mol. The molecule has 3 N–H and O–H groups in total. The number of anilines is 2. The summed E-state index contributed by atoms with van der Waals surface area (Å²) >= 11 is 0. The van der Waals surface area contributed by atoms with Gasteiger partial charge in [-0.05, 0) is 25.1 Å². The molecular weight excluding hydrogens is 270 g/mol. The lowest BCUT2D eigenvalue weighted by atomic mass is 10.2. The Bertz CT molecular complexity index is 634. The van der Waals surface area contributed by atoms with Gasteiger partial charge in [-0.2, -0.15) is 5.26 Å². The number of sulfonamides is 1. The second-order valence-corrected chi connectivity index (χ2v) is 5.73. The Morgan fingerprint density at radius 1 is 1.53 bits per heavy atom. The minimum atomic E-state index is -3.95. The molecule has 1 rings (SSSR count). The van der Waals surface area contributed by atoms with Crippen LogP contribution in [0, 0.1) is 11.3 Å². The van der Waals surface area contributed by atoms with Crippen molar-refractivity contribution in [2.75, 3.05) is 17.6 Å². The number of carbonyl (C=O) groups is 1. The van der Waals surface area contributed by atoms with E-state index in [4.69, 9.17) is 11.0 Å². The Balaban J connectivity index is 3.03. The maximum absolute atomic E-state index is 11.9. The van der Waals surface area contributed by atoms with Gasteiger partial charge < -0.3 is 10.5 Å².